The van der Waals surface area contributed by atoms with Gasteiger partial charge in [-0.25, -0.2) is 9.59 Å². The number of ether oxygens (including phenoxy) is 2. The van der Waals surface area contributed by atoms with Gasteiger partial charge in [-0.05, 0) is 0 Å². The minimum absolute atomic E-state index is 0.0236. The Kier molecular flexibility index (Phi) is 6.74. The number of urea groups is 1. The summed E-state index contributed by atoms with van der Waals surface area (Å²) in [5.41, 5.74) is 3.62. The number of nitrogens with one attached hydrogen (secondary N) is 2. The van der Waals surface area contributed by atoms with E-state index in [4.69, 9.17) is 15.2 Å². The molecular formula is C16H20N4O6. The molecular weight excluding hydrogens is 344 g/mol. The lowest BCUT2D eigenvalue weighted by Gasteiger charge is -2.15. The van der Waals surface area contributed by atoms with Crippen molar-refractivity contribution in [3.63, 3.8) is 0 Å². The van der Waals surface area contributed by atoms with Gasteiger partial charge in [0.2, 0.25) is 0 Å². The van der Waals surface area contributed by atoms with E-state index in [1.165, 1.54) is 10.8 Å². The van der Waals surface area contributed by atoms with E-state index in [9.17, 15) is 19.5 Å². The molecule has 0 spiro atoms. The molecule has 1 aliphatic heterocycles. The third-order valence-corrected chi connectivity index (χ3v) is 3.64. The van der Waals surface area contributed by atoms with Crippen molar-refractivity contribution in [3.8, 4) is 11.8 Å². The number of nitrogens with zero attached hydrogens (tertiary/aromatic N) is 1. The molecule has 1 aromatic rings. The predicted molar refractivity (Wildman–Crippen MR) is 91.3 cm³/mol. The van der Waals surface area contributed by atoms with Crippen LogP contribution in [0.15, 0.2) is 28.4 Å². The first-order valence-electron chi connectivity index (χ1n) is 7.82. The van der Waals surface area contributed by atoms with Gasteiger partial charge in [0, 0.05) is 12.6 Å². The molecule has 2 amide bonds. The van der Waals surface area contributed by atoms with Crippen molar-refractivity contribution in [3.05, 3.63) is 45.3 Å². The molecule has 10 heteroatoms. The fourth-order valence-corrected chi connectivity index (χ4v) is 2.46. The second-order valence-electron chi connectivity index (χ2n) is 5.44. The van der Waals surface area contributed by atoms with E-state index in [2.05, 4.69) is 28.7 Å². The fourth-order valence-electron chi connectivity index (χ4n) is 2.46. The highest BCUT2D eigenvalue weighted by Crippen LogP contribution is 2.29. The summed E-state index contributed by atoms with van der Waals surface area (Å²) in [6.45, 7) is 3.52. The topological polar surface area (TPSA) is 149 Å². The number of hydrogen-bond donors (Lipinski definition) is 4. The highest BCUT2D eigenvalue weighted by molar-refractivity contribution is 5.71. The van der Waals surface area contributed by atoms with E-state index >= 15 is 0 Å². The van der Waals surface area contributed by atoms with Crippen LogP contribution in [-0.2, 0) is 9.47 Å². The number of hydrogen-bond acceptors (Lipinski definition) is 6. The van der Waals surface area contributed by atoms with Gasteiger partial charge in [-0.15, -0.1) is 6.58 Å². The molecule has 0 bridgehead atoms. The van der Waals surface area contributed by atoms with Crippen molar-refractivity contribution >= 4 is 6.03 Å². The highest BCUT2D eigenvalue weighted by atomic mass is 16.6. The molecule has 1 aromatic heterocycles. The number of amides is 2. The summed E-state index contributed by atoms with van der Waals surface area (Å²) >= 11 is 0. The average molecular weight is 364 g/mol. The van der Waals surface area contributed by atoms with Gasteiger partial charge in [0.25, 0.3) is 5.56 Å². The number of rotatable bonds is 6. The van der Waals surface area contributed by atoms with Gasteiger partial charge >= 0.3 is 11.7 Å². The number of aromatic nitrogens is 2. The van der Waals surface area contributed by atoms with E-state index in [1.807, 2.05) is 0 Å². The molecule has 140 valence electrons. The van der Waals surface area contributed by atoms with Crippen molar-refractivity contribution in [2.24, 2.45) is 5.73 Å². The number of primary amides is 1. The van der Waals surface area contributed by atoms with Gasteiger partial charge in [0.1, 0.15) is 17.9 Å². The van der Waals surface area contributed by atoms with Crippen molar-refractivity contribution in [1.82, 2.24) is 14.9 Å². The molecule has 26 heavy (non-hydrogen) atoms. The van der Waals surface area contributed by atoms with Crippen LogP contribution in [0.4, 0.5) is 4.79 Å². The van der Waals surface area contributed by atoms with E-state index in [-0.39, 0.29) is 25.3 Å². The molecule has 1 unspecified atom stereocenters. The Morgan fingerprint density at radius 2 is 2.38 bits per heavy atom. The first-order chi connectivity index (χ1) is 12.5. The zero-order valence-corrected chi connectivity index (χ0v) is 13.9. The average Bonchev–Trinajstić information content (AvgIpc) is 3.01. The van der Waals surface area contributed by atoms with Crippen molar-refractivity contribution in [1.29, 1.82) is 0 Å². The quantitative estimate of drug-likeness (QED) is 0.353. The van der Waals surface area contributed by atoms with E-state index in [0.717, 1.165) is 0 Å². The number of H-pyrrole nitrogens is 1. The Labute approximate surface area is 148 Å². The van der Waals surface area contributed by atoms with Crippen LogP contribution in [0.25, 0.3) is 0 Å². The van der Waals surface area contributed by atoms with Crippen LogP contribution in [0.3, 0.4) is 0 Å². The molecule has 0 saturated carbocycles. The van der Waals surface area contributed by atoms with Crippen molar-refractivity contribution in [2.45, 2.75) is 24.9 Å². The minimum atomic E-state index is -0.738. The predicted octanol–water partition coefficient (Wildman–Crippen LogP) is -1.59. The van der Waals surface area contributed by atoms with Crippen molar-refractivity contribution < 1.29 is 19.4 Å². The molecule has 3 atom stereocenters. The molecule has 1 aliphatic rings. The maximum absolute atomic E-state index is 12.1. The smallest absolute Gasteiger partial charge is 0.330 e. The number of aromatic amines is 1. The summed E-state index contributed by atoms with van der Waals surface area (Å²) in [7, 11) is 0. The van der Waals surface area contributed by atoms with Gasteiger partial charge in [-0.3, -0.25) is 14.3 Å². The van der Waals surface area contributed by atoms with Gasteiger partial charge < -0.3 is 25.6 Å². The number of nitrogens with two attached hydrogens (primary N) is 1. The normalized spacial score (nSPS) is 21.7. The number of aliphatic hydroxyl groups is 1. The Morgan fingerprint density at radius 1 is 1.62 bits per heavy atom. The molecule has 0 radical (unpaired) electrons. The standard InChI is InChI=1S/C16H20N4O6/c1-2-6-25-11-7-13(26-12(11)9-21)20-8-10(14(22)19-16(20)24)4-3-5-18-15(17)23/h2,8,11-13,21H,1,5-7,9H2,(H3,17,18,23)(H,19,22,24)/t11?,12-,13-/m1/s1. The maximum Gasteiger partial charge on any atom is 0.330 e. The van der Waals surface area contributed by atoms with Crippen LogP contribution >= 0.6 is 0 Å². The zero-order valence-electron chi connectivity index (χ0n) is 13.9. The van der Waals surface area contributed by atoms with Crippen LogP contribution in [0.1, 0.15) is 18.2 Å². The Balaban J connectivity index is 2.22. The zero-order chi connectivity index (χ0) is 19.1. The van der Waals surface area contributed by atoms with E-state index < -0.39 is 35.7 Å². The second kappa shape index (κ2) is 9.00. The fraction of sp³-hybridized carbons (Fsp3) is 0.438. The number of carbonyl (C=O) groups is 1. The molecule has 0 aromatic carbocycles. The van der Waals surface area contributed by atoms with Gasteiger partial charge in [0.15, 0.2) is 0 Å². The molecule has 10 nitrogen and oxygen atoms in total. The Morgan fingerprint density at radius 3 is 3.04 bits per heavy atom. The summed E-state index contributed by atoms with van der Waals surface area (Å²) < 4.78 is 12.4. The van der Waals surface area contributed by atoms with Crippen LogP contribution in [0.5, 0.6) is 0 Å². The highest BCUT2D eigenvalue weighted by Gasteiger charge is 2.37. The summed E-state index contributed by atoms with van der Waals surface area (Å²) in [5.74, 6) is 5.11. The van der Waals surface area contributed by atoms with Gasteiger partial charge in [-0.2, -0.15) is 0 Å². The number of aliphatic hydroxyl groups excluding tert-OH is 1. The monoisotopic (exact) mass is 364 g/mol. The first-order valence-corrected chi connectivity index (χ1v) is 7.82. The molecule has 2 heterocycles. The van der Waals surface area contributed by atoms with Gasteiger partial charge in [-0.1, -0.05) is 17.9 Å². The summed E-state index contributed by atoms with van der Waals surface area (Å²) in [5, 5.41) is 11.7. The van der Waals surface area contributed by atoms with Crippen LogP contribution in [-0.4, -0.2) is 52.7 Å². The van der Waals surface area contributed by atoms with Crippen LogP contribution < -0.4 is 22.3 Å². The summed E-state index contributed by atoms with van der Waals surface area (Å²) in [6.07, 6.45) is 1.40. The molecule has 1 fully saturated rings. The maximum atomic E-state index is 12.1. The first kappa shape index (κ1) is 19.5. The third-order valence-electron chi connectivity index (χ3n) is 3.64. The lowest BCUT2D eigenvalue weighted by atomic mass is 10.2. The summed E-state index contributed by atoms with van der Waals surface area (Å²) in [4.78, 5) is 36.7. The molecule has 1 saturated heterocycles. The van der Waals surface area contributed by atoms with E-state index in [0.29, 0.717) is 6.42 Å². The second-order valence-corrected chi connectivity index (χ2v) is 5.44. The summed E-state index contributed by atoms with van der Waals surface area (Å²) in [6, 6.07) is -0.738. The third kappa shape index (κ3) is 4.82. The minimum Gasteiger partial charge on any atom is -0.394 e. The molecule has 2 rings (SSSR count). The molecule has 5 N–H and O–H groups in total. The Hall–Kier alpha value is -2.87. The molecule has 0 aliphatic carbocycles. The lowest BCUT2D eigenvalue weighted by Crippen LogP contribution is -2.34. The Bertz CT molecular complexity index is 834. The number of carbonyl (C=O) groups excluding carboxylic acids is 1. The van der Waals surface area contributed by atoms with Crippen molar-refractivity contribution in [2.75, 3.05) is 19.8 Å². The largest absolute Gasteiger partial charge is 0.394 e. The van der Waals surface area contributed by atoms with Gasteiger partial charge in [0.05, 0.1) is 25.9 Å². The lowest BCUT2D eigenvalue weighted by molar-refractivity contribution is -0.0582. The van der Waals surface area contributed by atoms with Crippen LogP contribution in [0, 0.1) is 11.8 Å². The van der Waals surface area contributed by atoms with E-state index in [1.54, 1.807) is 6.08 Å². The van der Waals surface area contributed by atoms with Crippen LogP contribution in [0.2, 0.25) is 0 Å². The SMILES string of the molecule is C=CCOC1C[C@H](n2cc(C#CCNC(N)=O)c(=O)[nH]c2=O)O[C@@H]1CO.